The first-order valence-corrected chi connectivity index (χ1v) is 2.53. The third-order valence-corrected chi connectivity index (χ3v) is 2.06. The molecule has 2 rings (SSSR count). The Kier molecular flexibility index (Phi) is 0.319. The van der Waals surface area contributed by atoms with Crippen LogP contribution in [0.1, 0.15) is 12.8 Å². The van der Waals surface area contributed by atoms with Gasteiger partial charge in [-0.15, -0.1) is 0 Å². The van der Waals surface area contributed by atoms with E-state index < -0.39 is 0 Å². The molecule has 0 spiro atoms. The van der Waals surface area contributed by atoms with Gasteiger partial charge in [-0.05, 0) is 24.7 Å². The fraction of sp³-hybridized carbons (Fsp3) is 1.00. The molecule has 0 aliphatic heterocycles. The molecule has 34 valence electrons. The Bertz CT molecular complexity index is 63.3. The Morgan fingerprint density at radius 3 is 1.67 bits per heavy atom. The van der Waals surface area contributed by atoms with E-state index in [0.717, 1.165) is 0 Å². The van der Waals surface area contributed by atoms with Crippen LogP contribution in [-0.2, 0) is 0 Å². The smallest absolute Gasteiger partial charge is 0.106 e. The molecule has 0 radical (unpaired) electrons. The van der Waals surface area contributed by atoms with Gasteiger partial charge in [0.2, 0.25) is 0 Å². The Labute approximate surface area is 36.4 Å². The molecule has 0 saturated heterocycles. The lowest BCUT2D eigenvalue weighted by Crippen LogP contribution is -1.93. The van der Waals surface area contributed by atoms with Gasteiger partial charge in [-0.25, -0.2) is 4.39 Å². The molecule has 2 aliphatic rings. The second-order valence-electron chi connectivity index (χ2n) is 2.35. The molecule has 2 fully saturated rings. The summed E-state index contributed by atoms with van der Waals surface area (Å²) in [6.07, 6.45) is 1.97. The van der Waals surface area contributed by atoms with Crippen LogP contribution in [0.25, 0.3) is 0 Å². The van der Waals surface area contributed by atoms with Gasteiger partial charge in [0, 0.05) is 0 Å². The third kappa shape index (κ3) is 0.151. The quantitative estimate of drug-likeness (QED) is 0.417. The molecule has 2 saturated carbocycles. The lowest BCUT2D eigenvalue weighted by molar-refractivity contribution is 0.453. The molecule has 2 aliphatic carbocycles. The highest BCUT2D eigenvalue weighted by molar-refractivity contribution is 5.05. The summed E-state index contributed by atoms with van der Waals surface area (Å²) in [6, 6.07) is 0. The average molecular weight is 86.1 g/mol. The van der Waals surface area contributed by atoms with Crippen molar-refractivity contribution in [2.75, 3.05) is 0 Å². The normalized spacial score (nSPS) is 62.5. The molecule has 0 N–H and O–H groups in total. The van der Waals surface area contributed by atoms with Crippen molar-refractivity contribution in [1.29, 1.82) is 0 Å². The van der Waals surface area contributed by atoms with Crippen LogP contribution in [0.2, 0.25) is 0 Å². The first-order chi connectivity index (χ1) is 2.89. The average Bonchev–Trinajstić information content (AvgIpc) is 1.63. The van der Waals surface area contributed by atoms with E-state index in [1.54, 1.807) is 0 Å². The number of hydrogen-bond donors (Lipinski definition) is 0. The summed E-state index contributed by atoms with van der Waals surface area (Å²) < 4.78 is 12.0. The van der Waals surface area contributed by atoms with E-state index >= 15 is 0 Å². The zero-order valence-corrected chi connectivity index (χ0v) is 3.52. The first kappa shape index (κ1) is 3.00. The standard InChI is InChI=1S/C5H7F/c6-5-3-1-2-4(3)5/h3-5H,1-2H2. The van der Waals surface area contributed by atoms with E-state index in [4.69, 9.17) is 0 Å². The maximum Gasteiger partial charge on any atom is 0.106 e. The number of rotatable bonds is 0. The van der Waals surface area contributed by atoms with Gasteiger partial charge < -0.3 is 0 Å². The molecule has 0 aromatic heterocycles. The zero-order chi connectivity index (χ0) is 4.15. The van der Waals surface area contributed by atoms with Crippen molar-refractivity contribution in [3.63, 3.8) is 0 Å². The molecule has 2 unspecified atom stereocenters. The maximum absolute atomic E-state index is 12.0. The fourth-order valence-corrected chi connectivity index (χ4v) is 1.27. The summed E-state index contributed by atoms with van der Waals surface area (Å²) in [7, 11) is 0. The van der Waals surface area contributed by atoms with Crippen molar-refractivity contribution in [3.05, 3.63) is 0 Å². The van der Waals surface area contributed by atoms with Crippen molar-refractivity contribution in [3.8, 4) is 0 Å². The Morgan fingerprint density at radius 1 is 1.17 bits per heavy atom. The lowest BCUT2D eigenvalue weighted by atomic mass is 10.0. The van der Waals surface area contributed by atoms with Crippen LogP contribution < -0.4 is 0 Å². The summed E-state index contributed by atoms with van der Waals surface area (Å²) in [4.78, 5) is 0. The van der Waals surface area contributed by atoms with Gasteiger partial charge in [0.05, 0.1) is 0 Å². The molecule has 2 atom stereocenters. The molecule has 0 amide bonds. The monoisotopic (exact) mass is 86.1 g/mol. The van der Waals surface area contributed by atoms with Crippen LogP contribution >= 0.6 is 0 Å². The van der Waals surface area contributed by atoms with Gasteiger partial charge in [0.25, 0.3) is 0 Å². The van der Waals surface area contributed by atoms with Crippen LogP contribution in [0.4, 0.5) is 4.39 Å². The van der Waals surface area contributed by atoms with Crippen molar-refractivity contribution in [1.82, 2.24) is 0 Å². The second-order valence-corrected chi connectivity index (χ2v) is 2.35. The van der Waals surface area contributed by atoms with Crippen LogP contribution in [-0.4, -0.2) is 6.17 Å². The summed E-state index contributed by atoms with van der Waals surface area (Å²) in [6.45, 7) is 0. The van der Waals surface area contributed by atoms with E-state index in [9.17, 15) is 4.39 Å². The highest BCUT2D eigenvalue weighted by atomic mass is 19.1. The van der Waals surface area contributed by atoms with E-state index in [2.05, 4.69) is 0 Å². The minimum atomic E-state index is -0.370. The Morgan fingerprint density at radius 2 is 1.67 bits per heavy atom. The van der Waals surface area contributed by atoms with E-state index in [-0.39, 0.29) is 6.17 Å². The SMILES string of the molecule is FC1C2CCC12. The second kappa shape index (κ2) is 0.637. The molecule has 0 heterocycles. The van der Waals surface area contributed by atoms with Crippen molar-refractivity contribution < 1.29 is 4.39 Å². The van der Waals surface area contributed by atoms with Gasteiger partial charge in [-0.1, -0.05) is 0 Å². The highest BCUT2D eigenvalue weighted by Gasteiger charge is 2.57. The summed E-state index contributed by atoms with van der Waals surface area (Å²) in [5.41, 5.74) is 0. The van der Waals surface area contributed by atoms with Gasteiger partial charge in [0.15, 0.2) is 0 Å². The van der Waals surface area contributed by atoms with Crippen LogP contribution in [0.5, 0.6) is 0 Å². The third-order valence-electron chi connectivity index (χ3n) is 2.06. The lowest BCUT2D eigenvalue weighted by Gasteiger charge is -2.02. The maximum atomic E-state index is 12.0. The van der Waals surface area contributed by atoms with E-state index in [1.807, 2.05) is 0 Å². The van der Waals surface area contributed by atoms with E-state index in [0.29, 0.717) is 11.8 Å². The van der Waals surface area contributed by atoms with Crippen LogP contribution in [0.15, 0.2) is 0 Å². The number of hydrogen-bond acceptors (Lipinski definition) is 0. The van der Waals surface area contributed by atoms with Gasteiger partial charge in [0.1, 0.15) is 6.17 Å². The molecule has 0 aromatic rings. The highest BCUT2D eigenvalue weighted by Crippen LogP contribution is 2.57. The molecular weight excluding hydrogens is 79.1 g/mol. The van der Waals surface area contributed by atoms with Crippen molar-refractivity contribution >= 4 is 0 Å². The van der Waals surface area contributed by atoms with Gasteiger partial charge in [-0.2, -0.15) is 0 Å². The predicted molar refractivity (Wildman–Crippen MR) is 21.1 cm³/mol. The number of alkyl halides is 1. The van der Waals surface area contributed by atoms with Crippen molar-refractivity contribution in [2.45, 2.75) is 19.0 Å². The Hall–Kier alpha value is -0.0700. The number of fused-ring (bicyclic) bond motifs is 1. The summed E-state index contributed by atoms with van der Waals surface area (Å²) in [5.74, 6) is 1.06. The predicted octanol–water partition coefficient (Wildman–Crippen LogP) is 1.36. The molecule has 0 nitrogen and oxygen atoms in total. The van der Waals surface area contributed by atoms with Crippen molar-refractivity contribution in [2.24, 2.45) is 11.8 Å². The molecular formula is C5H7F. The van der Waals surface area contributed by atoms with Crippen LogP contribution in [0, 0.1) is 11.8 Å². The number of halogens is 1. The van der Waals surface area contributed by atoms with Crippen LogP contribution in [0.3, 0.4) is 0 Å². The largest absolute Gasteiger partial charge is 0.247 e. The first-order valence-electron chi connectivity index (χ1n) is 2.53. The topological polar surface area (TPSA) is 0 Å². The molecule has 0 aromatic carbocycles. The van der Waals surface area contributed by atoms with Gasteiger partial charge in [-0.3, -0.25) is 0 Å². The summed E-state index contributed by atoms with van der Waals surface area (Å²) >= 11 is 0. The fourth-order valence-electron chi connectivity index (χ4n) is 1.27. The molecule has 1 heteroatoms. The Balaban J connectivity index is 2.11. The molecule has 0 bridgehead atoms. The molecule has 6 heavy (non-hydrogen) atoms. The minimum absolute atomic E-state index is 0.370. The zero-order valence-electron chi connectivity index (χ0n) is 3.52. The van der Waals surface area contributed by atoms with E-state index in [1.165, 1.54) is 12.8 Å². The van der Waals surface area contributed by atoms with Gasteiger partial charge >= 0.3 is 0 Å². The minimum Gasteiger partial charge on any atom is -0.247 e. The summed E-state index contributed by atoms with van der Waals surface area (Å²) in [5, 5.41) is 0.